The highest BCUT2D eigenvalue weighted by Crippen LogP contribution is 2.33. The molecular formula is C16H20BrNS. The number of benzene rings is 1. The van der Waals surface area contributed by atoms with E-state index in [9.17, 15) is 0 Å². The molecule has 1 N–H and O–H groups in total. The molecule has 2 aromatic rings. The third-order valence-electron chi connectivity index (χ3n) is 3.12. The highest BCUT2D eigenvalue weighted by atomic mass is 79.9. The standard InChI is InChI=1S/C16H20BrNS/c1-3-9-18-12(2)11-13-4-6-14(7-5-13)16-15(17)8-10-19-16/h4-8,10,12,18H,3,9,11H2,1-2H3. The number of hydrogen-bond acceptors (Lipinski definition) is 2. The zero-order valence-electron chi connectivity index (χ0n) is 11.4. The molecule has 1 atom stereocenters. The van der Waals surface area contributed by atoms with Crippen LogP contribution >= 0.6 is 27.3 Å². The predicted octanol–water partition coefficient (Wildman–Crippen LogP) is 5.11. The molecule has 0 amide bonds. The average Bonchev–Trinajstić information content (AvgIpc) is 2.83. The van der Waals surface area contributed by atoms with Gasteiger partial charge in [-0.15, -0.1) is 11.3 Å². The second-order valence-electron chi connectivity index (χ2n) is 4.85. The van der Waals surface area contributed by atoms with Gasteiger partial charge in [0.1, 0.15) is 0 Å². The van der Waals surface area contributed by atoms with Crippen molar-refractivity contribution in [2.75, 3.05) is 6.54 Å². The highest BCUT2D eigenvalue weighted by Gasteiger charge is 2.06. The van der Waals surface area contributed by atoms with Crippen LogP contribution in [0, 0.1) is 0 Å². The molecule has 0 bridgehead atoms. The maximum atomic E-state index is 3.59. The summed E-state index contributed by atoms with van der Waals surface area (Å²) in [4.78, 5) is 1.31. The molecule has 0 aliphatic carbocycles. The maximum absolute atomic E-state index is 3.59. The quantitative estimate of drug-likeness (QED) is 0.772. The van der Waals surface area contributed by atoms with Crippen LogP contribution in [-0.2, 0) is 6.42 Å². The van der Waals surface area contributed by atoms with Crippen molar-refractivity contribution in [3.05, 3.63) is 45.7 Å². The lowest BCUT2D eigenvalue weighted by Gasteiger charge is -2.13. The summed E-state index contributed by atoms with van der Waals surface area (Å²) >= 11 is 5.36. The summed E-state index contributed by atoms with van der Waals surface area (Å²) in [6, 6.07) is 11.6. The van der Waals surface area contributed by atoms with E-state index in [0.29, 0.717) is 6.04 Å². The fraction of sp³-hybridized carbons (Fsp3) is 0.375. The minimum absolute atomic E-state index is 0.541. The van der Waals surface area contributed by atoms with Crippen LogP contribution in [0.15, 0.2) is 40.2 Å². The Morgan fingerprint density at radius 3 is 2.53 bits per heavy atom. The van der Waals surface area contributed by atoms with E-state index in [-0.39, 0.29) is 0 Å². The third-order valence-corrected chi connectivity index (χ3v) is 5.00. The molecule has 1 aromatic carbocycles. The lowest BCUT2D eigenvalue weighted by molar-refractivity contribution is 0.543. The third kappa shape index (κ3) is 4.16. The van der Waals surface area contributed by atoms with Crippen molar-refractivity contribution in [2.45, 2.75) is 32.7 Å². The zero-order chi connectivity index (χ0) is 13.7. The van der Waals surface area contributed by atoms with E-state index < -0.39 is 0 Å². The second-order valence-corrected chi connectivity index (χ2v) is 6.62. The minimum Gasteiger partial charge on any atom is -0.314 e. The van der Waals surface area contributed by atoms with Crippen LogP contribution in [0.4, 0.5) is 0 Å². The number of rotatable bonds is 6. The van der Waals surface area contributed by atoms with Gasteiger partial charge in [-0.3, -0.25) is 0 Å². The van der Waals surface area contributed by atoms with Gasteiger partial charge in [0.2, 0.25) is 0 Å². The summed E-state index contributed by atoms with van der Waals surface area (Å²) in [5.74, 6) is 0. The fourth-order valence-electron chi connectivity index (χ4n) is 2.11. The summed E-state index contributed by atoms with van der Waals surface area (Å²) < 4.78 is 1.18. The first kappa shape index (κ1) is 14.8. The van der Waals surface area contributed by atoms with Gasteiger partial charge in [-0.2, -0.15) is 0 Å². The van der Waals surface area contributed by atoms with E-state index in [4.69, 9.17) is 0 Å². The predicted molar refractivity (Wildman–Crippen MR) is 88.9 cm³/mol. The van der Waals surface area contributed by atoms with E-state index >= 15 is 0 Å². The number of hydrogen-bond donors (Lipinski definition) is 1. The van der Waals surface area contributed by atoms with Crippen LogP contribution in [-0.4, -0.2) is 12.6 Å². The molecule has 3 heteroatoms. The Balaban J connectivity index is 2.01. The molecule has 1 aromatic heterocycles. The number of nitrogens with one attached hydrogen (secondary N) is 1. The number of halogens is 1. The summed E-state index contributed by atoms with van der Waals surface area (Å²) in [5.41, 5.74) is 2.69. The largest absolute Gasteiger partial charge is 0.314 e. The first-order valence-corrected chi connectivity index (χ1v) is 8.43. The van der Waals surface area contributed by atoms with Crippen LogP contribution in [0.25, 0.3) is 10.4 Å². The monoisotopic (exact) mass is 337 g/mol. The Labute approximate surface area is 128 Å². The van der Waals surface area contributed by atoms with Gasteiger partial charge in [0.15, 0.2) is 0 Å². The van der Waals surface area contributed by atoms with Crippen molar-refractivity contribution in [2.24, 2.45) is 0 Å². The van der Waals surface area contributed by atoms with E-state index in [1.54, 1.807) is 11.3 Å². The van der Waals surface area contributed by atoms with Crippen molar-refractivity contribution >= 4 is 27.3 Å². The van der Waals surface area contributed by atoms with Crippen molar-refractivity contribution in [1.29, 1.82) is 0 Å². The minimum atomic E-state index is 0.541. The molecule has 0 saturated heterocycles. The lowest BCUT2D eigenvalue weighted by Crippen LogP contribution is -2.28. The van der Waals surface area contributed by atoms with Gasteiger partial charge in [-0.1, -0.05) is 31.2 Å². The smallest absolute Gasteiger partial charge is 0.0484 e. The normalized spacial score (nSPS) is 12.6. The van der Waals surface area contributed by atoms with Gasteiger partial charge in [0, 0.05) is 15.4 Å². The molecule has 0 aliphatic rings. The summed E-state index contributed by atoms with van der Waals surface area (Å²) in [5, 5.41) is 5.64. The van der Waals surface area contributed by atoms with Gasteiger partial charge in [-0.05, 0) is 64.8 Å². The number of thiophene rings is 1. The van der Waals surface area contributed by atoms with Crippen molar-refractivity contribution in [3.63, 3.8) is 0 Å². The average molecular weight is 338 g/mol. The highest BCUT2D eigenvalue weighted by molar-refractivity contribution is 9.10. The molecule has 0 fully saturated rings. The molecule has 19 heavy (non-hydrogen) atoms. The van der Waals surface area contributed by atoms with Crippen LogP contribution in [0.5, 0.6) is 0 Å². The molecule has 102 valence electrons. The van der Waals surface area contributed by atoms with E-state index in [1.807, 2.05) is 0 Å². The van der Waals surface area contributed by atoms with Crippen LogP contribution in [0.2, 0.25) is 0 Å². The van der Waals surface area contributed by atoms with E-state index in [2.05, 4.69) is 70.8 Å². The van der Waals surface area contributed by atoms with Crippen molar-refractivity contribution in [3.8, 4) is 10.4 Å². The molecule has 0 saturated carbocycles. The van der Waals surface area contributed by atoms with Crippen LogP contribution in [0.1, 0.15) is 25.8 Å². The molecular weight excluding hydrogens is 318 g/mol. The molecule has 1 heterocycles. The lowest BCUT2D eigenvalue weighted by atomic mass is 10.0. The van der Waals surface area contributed by atoms with Gasteiger partial charge >= 0.3 is 0 Å². The second kappa shape index (κ2) is 7.22. The Bertz CT molecular complexity index is 504. The summed E-state index contributed by atoms with van der Waals surface area (Å²) in [7, 11) is 0. The summed E-state index contributed by atoms with van der Waals surface area (Å²) in [6.45, 7) is 5.55. The summed E-state index contributed by atoms with van der Waals surface area (Å²) in [6.07, 6.45) is 2.28. The molecule has 0 aliphatic heterocycles. The van der Waals surface area contributed by atoms with Crippen molar-refractivity contribution < 1.29 is 0 Å². The van der Waals surface area contributed by atoms with Gasteiger partial charge in [0.25, 0.3) is 0 Å². The molecule has 1 unspecified atom stereocenters. The Kier molecular flexibility index (Phi) is 5.61. The SMILES string of the molecule is CCCNC(C)Cc1ccc(-c2sccc2Br)cc1. The molecule has 0 spiro atoms. The van der Waals surface area contributed by atoms with Gasteiger partial charge < -0.3 is 5.32 Å². The maximum Gasteiger partial charge on any atom is 0.0484 e. The fourth-order valence-corrected chi connectivity index (χ4v) is 3.72. The Morgan fingerprint density at radius 1 is 1.21 bits per heavy atom. The van der Waals surface area contributed by atoms with Gasteiger partial charge in [-0.25, -0.2) is 0 Å². The first-order valence-electron chi connectivity index (χ1n) is 6.76. The van der Waals surface area contributed by atoms with E-state index in [0.717, 1.165) is 13.0 Å². The van der Waals surface area contributed by atoms with Gasteiger partial charge in [0.05, 0.1) is 0 Å². The first-order chi connectivity index (χ1) is 9.20. The molecule has 2 rings (SSSR count). The molecule has 1 nitrogen and oxygen atoms in total. The van der Waals surface area contributed by atoms with E-state index in [1.165, 1.54) is 26.9 Å². The van der Waals surface area contributed by atoms with Crippen LogP contribution in [0.3, 0.4) is 0 Å². The molecule has 0 radical (unpaired) electrons. The van der Waals surface area contributed by atoms with Crippen LogP contribution < -0.4 is 5.32 Å². The zero-order valence-corrected chi connectivity index (χ0v) is 13.9. The Morgan fingerprint density at radius 2 is 1.95 bits per heavy atom. The Hall–Kier alpha value is -0.640. The van der Waals surface area contributed by atoms with Crippen molar-refractivity contribution in [1.82, 2.24) is 5.32 Å². The topological polar surface area (TPSA) is 12.0 Å².